The maximum atomic E-state index is 9.65. The number of nitrogens with zero attached hydrogens (tertiary/aromatic N) is 3. The van der Waals surface area contributed by atoms with E-state index in [9.17, 15) is 5.11 Å². The van der Waals surface area contributed by atoms with Gasteiger partial charge in [-0.2, -0.15) is 0 Å². The summed E-state index contributed by atoms with van der Waals surface area (Å²) in [6.07, 6.45) is 5.40. The Morgan fingerprint density at radius 2 is 1.72 bits per heavy atom. The number of imidazole rings is 1. The van der Waals surface area contributed by atoms with E-state index in [-0.39, 0.29) is 5.75 Å². The number of benzene rings is 1. The molecular formula is C14H9N3O. The lowest BCUT2D eigenvalue weighted by Crippen LogP contribution is -1.92. The van der Waals surface area contributed by atoms with E-state index in [1.54, 1.807) is 24.5 Å². The molecule has 4 heteroatoms. The number of phenolic OH excluding ortho intramolecular Hbond substituents is 1. The molecule has 3 aromatic heterocycles. The first-order chi connectivity index (χ1) is 8.84. The Hall–Kier alpha value is -2.62. The van der Waals surface area contributed by atoms with Gasteiger partial charge in [0.25, 0.3) is 0 Å². The van der Waals surface area contributed by atoms with E-state index in [1.807, 2.05) is 28.8 Å². The van der Waals surface area contributed by atoms with Crippen molar-refractivity contribution in [3.8, 4) is 5.75 Å². The van der Waals surface area contributed by atoms with Crippen LogP contribution < -0.4 is 0 Å². The molecule has 1 aromatic carbocycles. The van der Waals surface area contributed by atoms with E-state index in [0.29, 0.717) is 0 Å². The zero-order valence-electron chi connectivity index (χ0n) is 9.41. The van der Waals surface area contributed by atoms with Crippen molar-refractivity contribution in [2.24, 2.45) is 0 Å². The highest BCUT2D eigenvalue weighted by atomic mass is 16.3. The van der Waals surface area contributed by atoms with Crippen LogP contribution in [0.15, 0.2) is 48.9 Å². The van der Waals surface area contributed by atoms with Gasteiger partial charge in [0.05, 0.1) is 0 Å². The lowest BCUT2D eigenvalue weighted by atomic mass is 10.1. The van der Waals surface area contributed by atoms with Crippen molar-refractivity contribution in [2.45, 2.75) is 0 Å². The normalized spacial score (nSPS) is 11.6. The third kappa shape index (κ3) is 1.09. The molecule has 4 nitrogen and oxygen atoms in total. The van der Waals surface area contributed by atoms with Crippen LogP contribution in [0.5, 0.6) is 5.75 Å². The van der Waals surface area contributed by atoms with Gasteiger partial charge in [0.2, 0.25) is 0 Å². The summed E-state index contributed by atoms with van der Waals surface area (Å²) in [5.74, 6) is 0.246. The number of hydrogen-bond acceptors (Lipinski definition) is 3. The topological polar surface area (TPSA) is 50.4 Å². The molecule has 0 saturated heterocycles. The summed E-state index contributed by atoms with van der Waals surface area (Å²) >= 11 is 0. The SMILES string of the molecule is Oc1ccc2c3cccnc3n3ccnc3c2c1. The molecule has 0 spiro atoms. The minimum atomic E-state index is 0.246. The molecule has 0 bridgehead atoms. The molecule has 0 saturated carbocycles. The van der Waals surface area contributed by atoms with Gasteiger partial charge in [0.1, 0.15) is 17.0 Å². The molecule has 86 valence electrons. The zero-order valence-corrected chi connectivity index (χ0v) is 9.41. The Morgan fingerprint density at radius 1 is 0.889 bits per heavy atom. The molecule has 4 aromatic rings. The minimum Gasteiger partial charge on any atom is -0.508 e. The molecule has 0 radical (unpaired) electrons. The van der Waals surface area contributed by atoms with Crippen LogP contribution >= 0.6 is 0 Å². The Kier molecular flexibility index (Phi) is 1.67. The van der Waals surface area contributed by atoms with Gasteiger partial charge in [0, 0.05) is 29.4 Å². The van der Waals surface area contributed by atoms with Crippen LogP contribution in [-0.2, 0) is 0 Å². The summed E-state index contributed by atoms with van der Waals surface area (Å²) in [4.78, 5) is 8.76. The quantitative estimate of drug-likeness (QED) is 0.477. The fourth-order valence-electron chi connectivity index (χ4n) is 2.42. The molecular weight excluding hydrogens is 226 g/mol. The Morgan fingerprint density at radius 3 is 2.67 bits per heavy atom. The summed E-state index contributed by atoms with van der Waals surface area (Å²) in [6, 6.07) is 9.28. The molecule has 0 aliphatic rings. The third-order valence-electron chi connectivity index (χ3n) is 3.19. The van der Waals surface area contributed by atoms with Gasteiger partial charge in [-0.15, -0.1) is 0 Å². The largest absolute Gasteiger partial charge is 0.508 e. The average molecular weight is 235 g/mol. The van der Waals surface area contributed by atoms with Crippen molar-refractivity contribution in [1.82, 2.24) is 14.4 Å². The number of pyridine rings is 2. The van der Waals surface area contributed by atoms with Gasteiger partial charge in [-0.25, -0.2) is 9.97 Å². The molecule has 0 fully saturated rings. The lowest BCUT2D eigenvalue weighted by molar-refractivity contribution is 0.476. The first kappa shape index (κ1) is 9.41. The fraction of sp³-hybridized carbons (Fsp3) is 0. The van der Waals surface area contributed by atoms with Crippen molar-refractivity contribution < 1.29 is 5.11 Å². The summed E-state index contributed by atoms with van der Waals surface area (Å²) < 4.78 is 1.94. The van der Waals surface area contributed by atoms with Gasteiger partial charge in [-0.05, 0) is 35.7 Å². The second kappa shape index (κ2) is 3.20. The molecule has 1 N–H and O–H groups in total. The minimum absolute atomic E-state index is 0.246. The highest BCUT2D eigenvalue weighted by Crippen LogP contribution is 2.29. The molecule has 3 heterocycles. The van der Waals surface area contributed by atoms with E-state index in [2.05, 4.69) is 9.97 Å². The summed E-state index contributed by atoms with van der Waals surface area (Å²) in [5.41, 5.74) is 1.69. The monoisotopic (exact) mass is 235 g/mol. The number of fused-ring (bicyclic) bond motifs is 6. The van der Waals surface area contributed by atoms with Crippen LogP contribution in [0.2, 0.25) is 0 Å². The average Bonchev–Trinajstić information content (AvgIpc) is 2.88. The zero-order chi connectivity index (χ0) is 12.1. The molecule has 4 rings (SSSR count). The predicted octanol–water partition coefficient (Wildman–Crippen LogP) is 2.74. The molecule has 0 aliphatic heterocycles. The smallest absolute Gasteiger partial charge is 0.146 e. The van der Waals surface area contributed by atoms with E-state index < -0.39 is 0 Å². The molecule has 0 atom stereocenters. The fourth-order valence-corrected chi connectivity index (χ4v) is 2.42. The predicted molar refractivity (Wildman–Crippen MR) is 69.7 cm³/mol. The van der Waals surface area contributed by atoms with Gasteiger partial charge in [-0.1, -0.05) is 0 Å². The molecule has 0 unspecified atom stereocenters. The third-order valence-corrected chi connectivity index (χ3v) is 3.19. The van der Waals surface area contributed by atoms with Crippen molar-refractivity contribution in [3.63, 3.8) is 0 Å². The van der Waals surface area contributed by atoms with E-state index in [4.69, 9.17) is 0 Å². The Bertz CT molecular complexity index is 895. The first-order valence-corrected chi connectivity index (χ1v) is 5.67. The van der Waals surface area contributed by atoms with Gasteiger partial charge < -0.3 is 5.11 Å². The molecule has 0 aliphatic carbocycles. The summed E-state index contributed by atoms with van der Waals surface area (Å²) in [6.45, 7) is 0. The highest BCUT2D eigenvalue weighted by molar-refractivity contribution is 6.10. The highest BCUT2D eigenvalue weighted by Gasteiger charge is 2.09. The summed E-state index contributed by atoms with van der Waals surface area (Å²) in [5, 5.41) is 12.7. The lowest BCUT2D eigenvalue weighted by Gasteiger charge is -2.07. The van der Waals surface area contributed by atoms with Crippen molar-refractivity contribution in [1.29, 1.82) is 0 Å². The van der Waals surface area contributed by atoms with Gasteiger partial charge in [-0.3, -0.25) is 4.40 Å². The van der Waals surface area contributed by atoms with Crippen molar-refractivity contribution in [3.05, 3.63) is 48.9 Å². The number of aromatic nitrogens is 3. The first-order valence-electron chi connectivity index (χ1n) is 5.67. The maximum absolute atomic E-state index is 9.65. The molecule has 0 amide bonds. The van der Waals surface area contributed by atoms with E-state index >= 15 is 0 Å². The van der Waals surface area contributed by atoms with Crippen molar-refractivity contribution in [2.75, 3.05) is 0 Å². The van der Waals surface area contributed by atoms with Crippen molar-refractivity contribution >= 4 is 27.5 Å². The van der Waals surface area contributed by atoms with Crippen LogP contribution in [0.4, 0.5) is 0 Å². The standard InChI is InChI=1S/C14H9N3O/c18-9-3-4-10-11-2-1-5-15-13(11)17-7-6-16-14(17)12(10)8-9/h1-8,18H. The Labute approximate surface area is 102 Å². The summed E-state index contributed by atoms with van der Waals surface area (Å²) in [7, 11) is 0. The number of aromatic hydroxyl groups is 1. The van der Waals surface area contributed by atoms with Gasteiger partial charge in [0.15, 0.2) is 0 Å². The maximum Gasteiger partial charge on any atom is 0.146 e. The number of rotatable bonds is 0. The van der Waals surface area contributed by atoms with Gasteiger partial charge >= 0.3 is 0 Å². The molecule has 18 heavy (non-hydrogen) atoms. The Balaban J connectivity index is 2.44. The number of phenols is 1. The van der Waals surface area contributed by atoms with Crippen LogP contribution in [0, 0.1) is 0 Å². The second-order valence-corrected chi connectivity index (χ2v) is 4.23. The number of hydrogen-bond donors (Lipinski definition) is 1. The second-order valence-electron chi connectivity index (χ2n) is 4.23. The van der Waals surface area contributed by atoms with Crippen LogP contribution in [0.25, 0.3) is 27.5 Å². The van der Waals surface area contributed by atoms with Crippen LogP contribution in [-0.4, -0.2) is 19.5 Å². The van der Waals surface area contributed by atoms with Crippen LogP contribution in [0.1, 0.15) is 0 Å². The van der Waals surface area contributed by atoms with Crippen LogP contribution in [0.3, 0.4) is 0 Å². The van der Waals surface area contributed by atoms with E-state index in [0.717, 1.165) is 27.5 Å². The van der Waals surface area contributed by atoms with E-state index in [1.165, 1.54) is 0 Å².